The quantitative estimate of drug-likeness (QED) is 0.887. The van der Waals surface area contributed by atoms with E-state index >= 15 is 0 Å². The molecule has 24 heavy (non-hydrogen) atoms. The normalized spacial score (nSPS) is 10.5. The van der Waals surface area contributed by atoms with E-state index in [1.807, 2.05) is 0 Å². The van der Waals surface area contributed by atoms with Crippen molar-refractivity contribution in [3.05, 3.63) is 62.0 Å². The lowest BCUT2D eigenvalue weighted by Gasteiger charge is -2.14. The number of amides is 2. The number of carbonyl (C=O) groups is 2. The van der Waals surface area contributed by atoms with Crippen molar-refractivity contribution < 1.29 is 9.59 Å². The zero-order valence-electron chi connectivity index (χ0n) is 13.6. The number of nitrogens with zero attached hydrogens (tertiary/aromatic N) is 1. The smallest absolute Gasteiger partial charge is 0.264 e. The third kappa shape index (κ3) is 3.49. The standard InChI is InChI=1S/C17H18ClN3O3/c1-9-7-10(2)21(17(24)15(9)16(19)23)8-14(22)20-13-6-4-5-12(18)11(13)3/h4-7H,8H2,1-3H3,(H2,19,23)(H,20,22). The van der Waals surface area contributed by atoms with E-state index in [1.165, 1.54) is 4.57 Å². The minimum Gasteiger partial charge on any atom is -0.365 e. The van der Waals surface area contributed by atoms with Gasteiger partial charge in [0.1, 0.15) is 12.1 Å². The molecule has 6 nitrogen and oxygen atoms in total. The number of nitrogens with one attached hydrogen (secondary N) is 1. The molecule has 0 aliphatic heterocycles. The Morgan fingerprint density at radius 1 is 1.25 bits per heavy atom. The van der Waals surface area contributed by atoms with Gasteiger partial charge in [0, 0.05) is 16.4 Å². The number of pyridine rings is 1. The SMILES string of the molecule is Cc1cc(C)n(CC(=O)Nc2cccc(Cl)c2C)c(=O)c1C(N)=O. The molecule has 0 unspecified atom stereocenters. The molecule has 0 radical (unpaired) electrons. The van der Waals surface area contributed by atoms with E-state index in [1.54, 1.807) is 45.0 Å². The van der Waals surface area contributed by atoms with Crippen LogP contribution in [0.25, 0.3) is 0 Å². The van der Waals surface area contributed by atoms with Gasteiger partial charge in [-0.05, 0) is 50.1 Å². The van der Waals surface area contributed by atoms with Gasteiger partial charge in [0.15, 0.2) is 0 Å². The molecule has 0 aliphatic carbocycles. The third-order valence-corrected chi connectivity index (χ3v) is 4.20. The number of anilines is 1. The number of rotatable bonds is 4. The van der Waals surface area contributed by atoms with Crippen LogP contribution in [0.1, 0.15) is 27.2 Å². The van der Waals surface area contributed by atoms with Crippen LogP contribution < -0.4 is 16.6 Å². The van der Waals surface area contributed by atoms with Crippen LogP contribution in [0.2, 0.25) is 5.02 Å². The van der Waals surface area contributed by atoms with Crippen molar-refractivity contribution in [2.24, 2.45) is 5.73 Å². The van der Waals surface area contributed by atoms with E-state index in [9.17, 15) is 14.4 Å². The van der Waals surface area contributed by atoms with Crippen LogP contribution in [0.15, 0.2) is 29.1 Å². The van der Waals surface area contributed by atoms with E-state index in [-0.39, 0.29) is 12.1 Å². The van der Waals surface area contributed by atoms with Crippen molar-refractivity contribution in [2.45, 2.75) is 27.3 Å². The van der Waals surface area contributed by atoms with E-state index in [0.717, 1.165) is 5.56 Å². The highest BCUT2D eigenvalue weighted by atomic mass is 35.5. The van der Waals surface area contributed by atoms with Crippen molar-refractivity contribution in [1.29, 1.82) is 0 Å². The van der Waals surface area contributed by atoms with Crippen molar-refractivity contribution in [2.75, 3.05) is 5.32 Å². The van der Waals surface area contributed by atoms with Crippen molar-refractivity contribution in [3.63, 3.8) is 0 Å². The van der Waals surface area contributed by atoms with Crippen LogP contribution in [-0.4, -0.2) is 16.4 Å². The lowest BCUT2D eigenvalue weighted by molar-refractivity contribution is -0.116. The van der Waals surface area contributed by atoms with E-state index in [0.29, 0.717) is 22.0 Å². The number of hydrogen-bond acceptors (Lipinski definition) is 3. The highest BCUT2D eigenvalue weighted by Gasteiger charge is 2.17. The molecule has 0 saturated heterocycles. The summed E-state index contributed by atoms with van der Waals surface area (Å²) in [6, 6.07) is 6.82. The van der Waals surface area contributed by atoms with Gasteiger partial charge in [-0.25, -0.2) is 0 Å². The van der Waals surface area contributed by atoms with Gasteiger partial charge in [-0.2, -0.15) is 0 Å². The summed E-state index contributed by atoms with van der Waals surface area (Å²) in [5.74, 6) is -1.21. The van der Waals surface area contributed by atoms with Crippen molar-refractivity contribution in [3.8, 4) is 0 Å². The Kier molecular flexibility index (Phi) is 5.09. The molecule has 0 fully saturated rings. The largest absolute Gasteiger partial charge is 0.365 e. The topological polar surface area (TPSA) is 94.2 Å². The van der Waals surface area contributed by atoms with Gasteiger partial charge in [0.25, 0.3) is 11.5 Å². The average molecular weight is 348 g/mol. The summed E-state index contributed by atoms with van der Waals surface area (Å²) in [6.07, 6.45) is 0. The first-order valence-corrected chi connectivity index (χ1v) is 7.66. The fourth-order valence-corrected chi connectivity index (χ4v) is 2.67. The van der Waals surface area contributed by atoms with E-state index < -0.39 is 17.4 Å². The second kappa shape index (κ2) is 6.88. The second-order valence-electron chi connectivity index (χ2n) is 5.56. The number of nitrogens with two attached hydrogens (primary N) is 1. The highest BCUT2D eigenvalue weighted by Crippen LogP contribution is 2.22. The van der Waals surface area contributed by atoms with Gasteiger partial charge in [-0.1, -0.05) is 17.7 Å². The summed E-state index contributed by atoms with van der Waals surface area (Å²) in [6.45, 7) is 4.88. The van der Waals surface area contributed by atoms with Crippen LogP contribution in [0, 0.1) is 20.8 Å². The fourth-order valence-electron chi connectivity index (χ4n) is 2.50. The van der Waals surface area contributed by atoms with Crippen LogP contribution in [0.3, 0.4) is 0 Å². The Balaban J connectivity index is 2.33. The molecular weight excluding hydrogens is 330 g/mol. The minimum atomic E-state index is -0.808. The van der Waals surface area contributed by atoms with E-state index in [4.69, 9.17) is 17.3 Å². The first-order chi connectivity index (χ1) is 11.2. The summed E-state index contributed by atoms with van der Waals surface area (Å²) < 4.78 is 1.22. The number of hydrogen-bond donors (Lipinski definition) is 2. The van der Waals surface area contributed by atoms with Gasteiger partial charge in [-0.15, -0.1) is 0 Å². The maximum atomic E-state index is 12.4. The molecule has 7 heteroatoms. The second-order valence-corrected chi connectivity index (χ2v) is 5.97. The van der Waals surface area contributed by atoms with E-state index in [2.05, 4.69) is 5.32 Å². The molecule has 2 aromatic rings. The number of aromatic nitrogens is 1. The summed E-state index contributed by atoms with van der Waals surface area (Å²) in [4.78, 5) is 36.2. The van der Waals surface area contributed by atoms with Gasteiger partial charge in [0.05, 0.1) is 0 Å². The summed E-state index contributed by atoms with van der Waals surface area (Å²) in [5.41, 5.74) is 6.95. The Morgan fingerprint density at radius 3 is 2.54 bits per heavy atom. The highest BCUT2D eigenvalue weighted by molar-refractivity contribution is 6.31. The fraction of sp³-hybridized carbons (Fsp3) is 0.235. The Hall–Kier alpha value is -2.60. The van der Waals surface area contributed by atoms with Crippen LogP contribution in [0.5, 0.6) is 0 Å². The number of aryl methyl sites for hydroxylation is 2. The number of benzene rings is 1. The molecule has 0 bridgehead atoms. The molecule has 1 aromatic heterocycles. The molecule has 0 saturated carbocycles. The number of carbonyl (C=O) groups excluding carboxylic acids is 2. The molecule has 2 rings (SSSR count). The average Bonchev–Trinajstić information content (AvgIpc) is 2.47. The molecule has 1 aromatic carbocycles. The summed E-state index contributed by atoms with van der Waals surface area (Å²) in [7, 11) is 0. The summed E-state index contributed by atoms with van der Waals surface area (Å²) >= 11 is 6.02. The van der Waals surface area contributed by atoms with Crippen LogP contribution >= 0.6 is 11.6 Å². The van der Waals surface area contributed by atoms with Gasteiger partial charge in [0.2, 0.25) is 5.91 Å². The molecule has 1 heterocycles. The van der Waals surface area contributed by atoms with Gasteiger partial charge in [-0.3, -0.25) is 14.4 Å². The van der Waals surface area contributed by atoms with Crippen LogP contribution in [-0.2, 0) is 11.3 Å². The maximum Gasteiger partial charge on any atom is 0.264 e. The van der Waals surface area contributed by atoms with Gasteiger partial charge >= 0.3 is 0 Å². The molecule has 0 spiro atoms. The predicted octanol–water partition coefficient (Wildman–Crippen LogP) is 2.16. The molecular formula is C17H18ClN3O3. The number of halogens is 1. The molecule has 0 aliphatic rings. The van der Waals surface area contributed by atoms with Crippen molar-refractivity contribution >= 4 is 29.1 Å². The molecule has 2 amide bonds. The summed E-state index contributed by atoms with van der Waals surface area (Å²) in [5, 5.41) is 3.25. The lowest BCUT2D eigenvalue weighted by Crippen LogP contribution is -2.35. The molecule has 126 valence electrons. The lowest BCUT2D eigenvalue weighted by atomic mass is 10.1. The molecule has 3 N–H and O–H groups in total. The van der Waals surface area contributed by atoms with Crippen LogP contribution in [0.4, 0.5) is 5.69 Å². The Morgan fingerprint density at radius 2 is 1.92 bits per heavy atom. The van der Waals surface area contributed by atoms with Crippen molar-refractivity contribution in [1.82, 2.24) is 4.57 Å². The first kappa shape index (κ1) is 17.7. The minimum absolute atomic E-state index is 0.104. The Labute approximate surface area is 144 Å². The zero-order chi connectivity index (χ0) is 18.0. The third-order valence-electron chi connectivity index (χ3n) is 3.79. The monoisotopic (exact) mass is 347 g/mol. The molecule has 0 atom stereocenters. The zero-order valence-corrected chi connectivity index (χ0v) is 14.4. The maximum absolute atomic E-state index is 12.4. The van der Waals surface area contributed by atoms with Gasteiger partial charge < -0.3 is 15.6 Å². The predicted molar refractivity (Wildman–Crippen MR) is 93.5 cm³/mol. The first-order valence-electron chi connectivity index (χ1n) is 7.28. The Bertz CT molecular complexity index is 887. The number of primary amides is 1.